The zero-order valence-electron chi connectivity index (χ0n) is 10.7. The molecule has 0 radical (unpaired) electrons. The molecule has 102 valence electrons. The van der Waals surface area contributed by atoms with Crippen molar-refractivity contribution in [2.24, 2.45) is 5.92 Å². The summed E-state index contributed by atoms with van der Waals surface area (Å²) in [5.41, 5.74) is 0. The van der Waals surface area contributed by atoms with Crippen molar-refractivity contribution in [2.45, 2.75) is 57.0 Å². The first-order valence-corrected chi connectivity index (χ1v) is 6.90. The van der Waals surface area contributed by atoms with Crippen LogP contribution in [0.3, 0.4) is 0 Å². The molecule has 2 aliphatic carbocycles. The van der Waals surface area contributed by atoms with Crippen LogP contribution in [-0.4, -0.2) is 35.6 Å². The second-order valence-corrected chi connectivity index (χ2v) is 5.47. The zero-order valence-corrected chi connectivity index (χ0v) is 10.7. The molecule has 18 heavy (non-hydrogen) atoms. The van der Waals surface area contributed by atoms with Gasteiger partial charge in [-0.05, 0) is 32.1 Å². The van der Waals surface area contributed by atoms with Gasteiger partial charge in [0.05, 0.1) is 12.5 Å². The molecule has 2 rings (SSSR count). The lowest BCUT2D eigenvalue weighted by Crippen LogP contribution is -2.42. The fourth-order valence-electron chi connectivity index (χ4n) is 2.98. The van der Waals surface area contributed by atoms with Crippen LogP contribution < -0.4 is 10.6 Å². The molecule has 2 atom stereocenters. The number of nitrogens with one attached hydrogen (secondary N) is 2. The fourth-order valence-corrected chi connectivity index (χ4v) is 2.98. The Morgan fingerprint density at radius 2 is 1.78 bits per heavy atom. The molecule has 2 fully saturated rings. The van der Waals surface area contributed by atoms with Gasteiger partial charge in [-0.1, -0.05) is 12.8 Å². The summed E-state index contributed by atoms with van der Waals surface area (Å²) in [6, 6.07) is 0.537. The number of carbonyl (C=O) groups is 2. The minimum atomic E-state index is -0.740. The molecule has 2 saturated carbocycles. The average molecular weight is 254 g/mol. The Morgan fingerprint density at radius 3 is 2.39 bits per heavy atom. The molecule has 2 aliphatic rings. The predicted octanol–water partition coefficient (Wildman–Crippen LogP) is 0.888. The Balaban J connectivity index is 1.63. The van der Waals surface area contributed by atoms with Gasteiger partial charge in [0.1, 0.15) is 0 Å². The zero-order chi connectivity index (χ0) is 13.0. The van der Waals surface area contributed by atoms with Gasteiger partial charge < -0.3 is 15.7 Å². The molecular weight excluding hydrogens is 232 g/mol. The number of rotatable bonds is 5. The van der Waals surface area contributed by atoms with Gasteiger partial charge >= 0.3 is 5.97 Å². The van der Waals surface area contributed by atoms with Gasteiger partial charge in [0.15, 0.2) is 0 Å². The summed E-state index contributed by atoms with van der Waals surface area (Å²) in [5, 5.41) is 15.1. The van der Waals surface area contributed by atoms with Crippen LogP contribution >= 0.6 is 0 Å². The van der Waals surface area contributed by atoms with E-state index in [9.17, 15) is 9.59 Å². The van der Waals surface area contributed by atoms with E-state index in [-0.39, 0.29) is 17.9 Å². The molecule has 0 bridgehead atoms. The van der Waals surface area contributed by atoms with Crippen LogP contribution in [0.5, 0.6) is 0 Å². The highest BCUT2D eigenvalue weighted by Crippen LogP contribution is 2.25. The number of carbonyl (C=O) groups excluding carboxylic acids is 1. The summed E-state index contributed by atoms with van der Waals surface area (Å²) < 4.78 is 0. The van der Waals surface area contributed by atoms with Crippen molar-refractivity contribution >= 4 is 11.9 Å². The molecule has 0 aromatic rings. The summed E-state index contributed by atoms with van der Waals surface area (Å²) in [6.07, 6.45) is 6.87. The third-order valence-electron chi connectivity index (χ3n) is 4.05. The normalized spacial score (nSPS) is 28.4. The van der Waals surface area contributed by atoms with Crippen LogP contribution in [0.15, 0.2) is 0 Å². The van der Waals surface area contributed by atoms with Crippen LogP contribution in [0.2, 0.25) is 0 Å². The quantitative estimate of drug-likeness (QED) is 0.681. The molecule has 0 aliphatic heterocycles. The Kier molecular flexibility index (Phi) is 4.58. The van der Waals surface area contributed by atoms with Gasteiger partial charge in [0.2, 0.25) is 5.91 Å². The molecule has 3 N–H and O–H groups in total. The van der Waals surface area contributed by atoms with Crippen molar-refractivity contribution in [1.29, 1.82) is 0 Å². The molecule has 5 heteroatoms. The van der Waals surface area contributed by atoms with E-state index in [4.69, 9.17) is 5.11 Å². The molecule has 5 nitrogen and oxygen atoms in total. The number of carboxylic acids is 1. The lowest BCUT2D eigenvalue weighted by atomic mass is 10.1. The lowest BCUT2D eigenvalue weighted by molar-refractivity contribution is -0.141. The molecule has 0 unspecified atom stereocenters. The maximum atomic E-state index is 11.7. The van der Waals surface area contributed by atoms with Gasteiger partial charge in [0, 0.05) is 12.1 Å². The third kappa shape index (κ3) is 3.70. The Bertz CT molecular complexity index is 313. The van der Waals surface area contributed by atoms with E-state index in [1.807, 2.05) is 0 Å². The van der Waals surface area contributed by atoms with Crippen LogP contribution in [0, 0.1) is 5.92 Å². The highest BCUT2D eigenvalue weighted by Gasteiger charge is 2.30. The van der Waals surface area contributed by atoms with E-state index in [2.05, 4.69) is 10.6 Å². The fraction of sp³-hybridized carbons (Fsp3) is 0.846. The van der Waals surface area contributed by atoms with Crippen LogP contribution in [0.4, 0.5) is 0 Å². The Morgan fingerprint density at radius 1 is 1.06 bits per heavy atom. The SMILES string of the molecule is O=C(CNC1CCCC1)N[C@H]1CC[C@@H](C(=O)O)C1. The first-order chi connectivity index (χ1) is 8.65. The second-order valence-electron chi connectivity index (χ2n) is 5.47. The molecule has 0 saturated heterocycles. The minimum absolute atomic E-state index is 0.00191. The Hall–Kier alpha value is -1.10. The third-order valence-corrected chi connectivity index (χ3v) is 4.05. The molecule has 0 aromatic heterocycles. The van der Waals surface area contributed by atoms with Crippen molar-refractivity contribution in [1.82, 2.24) is 10.6 Å². The molecular formula is C13H22N2O3. The maximum Gasteiger partial charge on any atom is 0.306 e. The highest BCUT2D eigenvalue weighted by molar-refractivity contribution is 5.78. The van der Waals surface area contributed by atoms with Gasteiger partial charge in [-0.25, -0.2) is 0 Å². The Labute approximate surface area is 107 Å². The summed E-state index contributed by atoms with van der Waals surface area (Å²) in [5.74, 6) is -1.02. The van der Waals surface area contributed by atoms with E-state index in [0.29, 0.717) is 25.4 Å². The molecule has 0 spiro atoms. The van der Waals surface area contributed by atoms with Crippen molar-refractivity contribution < 1.29 is 14.7 Å². The van der Waals surface area contributed by atoms with Crippen LogP contribution in [-0.2, 0) is 9.59 Å². The number of hydrogen-bond acceptors (Lipinski definition) is 3. The molecule has 1 amide bonds. The first kappa shape index (κ1) is 13.3. The van der Waals surface area contributed by atoms with Crippen molar-refractivity contribution in [2.75, 3.05) is 6.54 Å². The first-order valence-electron chi connectivity index (χ1n) is 6.90. The summed E-state index contributed by atoms with van der Waals surface area (Å²) in [4.78, 5) is 22.5. The van der Waals surface area contributed by atoms with Crippen LogP contribution in [0.1, 0.15) is 44.9 Å². The standard InChI is InChI=1S/C13H22N2O3/c16-12(8-14-10-3-1-2-4-10)15-11-6-5-9(7-11)13(17)18/h9-11,14H,1-8H2,(H,15,16)(H,17,18)/t9-,11+/m1/s1. The lowest BCUT2D eigenvalue weighted by Gasteiger charge is -2.15. The summed E-state index contributed by atoms with van der Waals surface area (Å²) >= 11 is 0. The van der Waals surface area contributed by atoms with Gasteiger partial charge in [-0.2, -0.15) is 0 Å². The number of carboxylic acid groups (broad SMARTS) is 1. The predicted molar refractivity (Wildman–Crippen MR) is 67.2 cm³/mol. The van der Waals surface area contributed by atoms with Crippen molar-refractivity contribution in [3.63, 3.8) is 0 Å². The number of amides is 1. The van der Waals surface area contributed by atoms with E-state index in [1.165, 1.54) is 12.8 Å². The topological polar surface area (TPSA) is 78.4 Å². The van der Waals surface area contributed by atoms with Gasteiger partial charge in [-0.3, -0.25) is 9.59 Å². The number of hydrogen-bond donors (Lipinski definition) is 3. The summed E-state index contributed by atoms with van der Waals surface area (Å²) in [6.45, 7) is 0.360. The molecule has 0 heterocycles. The molecule has 0 aromatic carbocycles. The van der Waals surface area contributed by atoms with E-state index in [1.54, 1.807) is 0 Å². The van der Waals surface area contributed by atoms with Gasteiger partial charge in [0.25, 0.3) is 0 Å². The number of aliphatic carboxylic acids is 1. The van der Waals surface area contributed by atoms with Gasteiger partial charge in [-0.15, -0.1) is 0 Å². The largest absolute Gasteiger partial charge is 0.481 e. The van der Waals surface area contributed by atoms with Crippen molar-refractivity contribution in [3.05, 3.63) is 0 Å². The minimum Gasteiger partial charge on any atom is -0.481 e. The van der Waals surface area contributed by atoms with E-state index < -0.39 is 5.97 Å². The summed E-state index contributed by atoms with van der Waals surface area (Å²) in [7, 11) is 0. The highest BCUT2D eigenvalue weighted by atomic mass is 16.4. The van der Waals surface area contributed by atoms with E-state index in [0.717, 1.165) is 19.3 Å². The second kappa shape index (κ2) is 6.18. The maximum absolute atomic E-state index is 11.7. The van der Waals surface area contributed by atoms with Crippen LogP contribution in [0.25, 0.3) is 0 Å². The smallest absolute Gasteiger partial charge is 0.306 e. The van der Waals surface area contributed by atoms with Crippen molar-refractivity contribution in [3.8, 4) is 0 Å². The monoisotopic (exact) mass is 254 g/mol. The van der Waals surface area contributed by atoms with E-state index >= 15 is 0 Å². The average Bonchev–Trinajstić information content (AvgIpc) is 2.96.